The third-order valence-electron chi connectivity index (χ3n) is 7.25. The number of hydrogen-bond acceptors (Lipinski definition) is 4. The Hall–Kier alpha value is -3.35. The number of carbonyl (C=O) groups is 3. The lowest BCUT2D eigenvalue weighted by Gasteiger charge is -2.39. The molecule has 2 N–H and O–H groups in total. The van der Waals surface area contributed by atoms with Crippen LogP contribution in [0.3, 0.4) is 0 Å². The fourth-order valence-corrected chi connectivity index (χ4v) is 5.30. The monoisotopic (exact) mass is 478 g/mol. The van der Waals surface area contributed by atoms with Gasteiger partial charge in [0.2, 0.25) is 5.91 Å². The summed E-state index contributed by atoms with van der Waals surface area (Å²) < 4.78 is 5.67. The number of piperidine rings is 1. The van der Waals surface area contributed by atoms with Crippen molar-refractivity contribution in [2.24, 2.45) is 17.3 Å². The predicted molar refractivity (Wildman–Crippen MR) is 133 cm³/mol. The van der Waals surface area contributed by atoms with Crippen molar-refractivity contribution in [3.05, 3.63) is 59.7 Å². The molecule has 0 saturated carbocycles. The molecule has 7 nitrogen and oxygen atoms in total. The number of carbonyl (C=O) groups excluding carboxylic acids is 2. The molecule has 2 amide bonds. The molecular weight excluding hydrogens is 444 g/mol. The van der Waals surface area contributed by atoms with E-state index in [2.05, 4.69) is 29.6 Å². The zero-order chi connectivity index (χ0) is 25.3. The van der Waals surface area contributed by atoms with Gasteiger partial charge in [-0.25, -0.2) is 4.79 Å². The molecule has 35 heavy (non-hydrogen) atoms. The van der Waals surface area contributed by atoms with E-state index in [4.69, 9.17) is 4.74 Å². The molecule has 0 aromatic heterocycles. The Morgan fingerprint density at radius 2 is 1.63 bits per heavy atom. The first-order valence-electron chi connectivity index (χ1n) is 12.2. The van der Waals surface area contributed by atoms with Crippen molar-refractivity contribution in [1.29, 1.82) is 0 Å². The van der Waals surface area contributed by atoms with E-state index in [9.17, 15) is 19.5 Å². The van der Waals surface area contributed by atoms with Crippen molar-refractivity contribution in [3.8, 4) is 11.1 Å². The second kappa shape index (κ2) is 9.72. The molecule has 186 valence electrons. The molecule has 0 radical (unpaired) electrons. The van der Waals surface area contributed by atoms with Crippen LogP contribution in [0.5, 0.6) is 0 Å². The minimum atomic E-state index is -0.825. The summed E-state index contributed by atoms with van der Waals surface area (Å²) >= 11 is 0. The molecule has 1 saturated heterocycles. The highest BCUT2D eigenvalue weighted by Gasteiger charge is 2.40. The number of benzene rings is 2. The Morgan fingerprint density at radius 1 is 1.06 bits per heavy atom. The highest BCUT2D eigenvalue weighted by Crippen LogP contribution is 2.44. The van der Waals surface area contributed by atoms with Gasteiger partial charge in [-0.15, -0.1) is 0 Å². The minimum absolute atomic E-state index is 0.0622. The van der Waals surface area contributed by atoms with E-state index < -0.39 is 29.4 Å². The van der Waals surface area contributed by atoms with Crippen LogP contribution in [-0.4, -0.2) is 53.7 Å². The molecule has 1 aliphatic heterocycles. The van der Waals surface area contributed by atoms with Gasteiger partial charge in [-0.1, -0.05) is 76.2 Å². The molecule has 1 heterocycles. The lowest BCUT2D eigenvalue weighted by atomic mass is 9.83. The van der Waals surface area contributed by atoms with Gasteiger partial charge in [0, 0.05) is 19.0 Å². The lowest BCUT2D eigenvalue weighted by molar-refractivity contribution is -0.149. The molecule has 3 unspecified atom stereocenters. The number of nitrogens with one attached hydrogen (secondary N) is 1. The predicted octanol–water partition coefficient (Wildman–Crippen LogP) is 4.51. The third-order valence-corrected chi connectivity index (χ3v) is 7.25. The summed E-state index contributed by atoms with van der Waals surface area (Å²) in [5.74, 6) is -1.70. The second-order valence-corrected chi connectivity index (χ2v) is 10.8. The Kier molecular flexibility index (Phi) is 6.88. The number of aliphatic carboxylic acids is 1. The van der Waals surface area contributed by atoms with Crippen molar-refractivity contribution >= 4 is 18.0 Å². The van der Waals surface area contributed by atoms with Crippen LogP contribution in [0.4, 0.5) is 4.79 Å². The number of ether oxygens (including phenoxy) is 1. The van der Waals surface area contributed by atoms with Gasteiger partial charge in [-0.2, -0.15) is 0 Å². The smallest absolute Gasteiger partial charge is 0.407 e. The molecule has 0 bridgehead atoms. The number of alkyl carbamates (subject to hydrolysis) is 1. The molecule has 7 heteroatoms. The van der Waals surface area contributed by atoms with Gasteiger partial charge < -0.3 is 20.1 Å². The summed E-state index contributed by atoms with van der Waals surface area (Å²) in [5, 5.41) is 12.2. The first-order valence-corrected chi connectivity index (χ1v) is 12.2. The van der Waals surface area contributed by atoms with Gasteiger partial charge in [0.15, 0.2) is 0 Å². The summed E-state index contributed by atoms with van der Waals surface area (Å²) in [6.07, 6.45) is -0.224. The van der Waals surface area contributed by atoms with E-state index in [-0.39, 0.29) is 24.3 Å². The Bertz CT molecular complexity index is 1080. The number of carboxylic acids is 1. The minimum Gasteiger partial charge on any atom is -0.481 e. The van der Waals surface area contributed by atoms with Crippen LogP contribution in [0.2, 0.25) is 0 Å². The maximum absolute atomic E-state index is 13.4. The number of nitrogens with zero attached hydrogens (tertiary/aromatic N) is 1. The molecule has 2 aromatic carbocycles. The van der Waals surface area contributed by atoms with Crippen LogP contribution in [-0.2, 0) is 14.3 Å². The first-order chi connectivity index (χ1) is 16.6. The quantitative estimate of drug-likeness (QED) is 0.659. The van der Waals surface area contributed by atoms with E-state index in [1.807, 2.05) is 52.0 Å². The van der Waals surface area contributed by atoms with Gasteiger partial charge in [0.05, 0.1) is 5.92 Å². The van der Waals surface area contributed by atoms with E-state index in [1.165, 1.54) is 0 Å². The molecule has 3 atom stereocenters. The van der Waals surface area contributed by atoms with E-state index in [0.29, 0.717) is 19.5 Å². The summed E-state index contributed by atoms with van der Waals surface area (Å²) in [6.45, 7) is 8.43. The van der Waals surface area contributed by atoms with Crippen LogP contribution in [0.15, 0.2) is 48.5 Å². The highest BCUT2D eigenvalue weighted by molar-refractivity contribution is 5.87. The van der Waals surface area contributed by atoms with E-state index >= 15 is 0 Å². The normalized spacial score (nSPS) is 20.5. The summed E-state index contributed by atoms with van der Waals surface area (Å²) in [7, 11) is 0. The molecule has 1 fully saturated rings. The fraction of sp³-hybridized carbons (Fsp3) is 0.464. The van der Waals surface area contributed by atoms with Crippen LogP contribution in [0, 0.1) is 17.3 Å². The van der Waals surface area contributed by atoms with Gasteiger partial charge in [-0.3, -0.25) is 9.59 Å². The molecule has 4 rings (SSSR count). The molecule has 2 aliphatic rings. The van der Waals surface area contributed by atoms with Crippen molar-refractivity contribution in [3.63, 3.8) is 0 Å². The Balaban J connectivity index is 1.43. The molecule has 1 aliphatic carbocycles. The second-order valence-electron chi connectivity index (χ2n) is 10.8. The summed E-state index contributed by atoms with van der Waals surface area (Å²) in [6, 6.07) is 15.5. The number of likely N-dealkylation sites (tertiary alicyclic amines) is 1. The average Bonchev–Trinajstić information content (AvgIpc) is 3.13. The lowest BCUT2D eigenvalue weighted by Crippen LogP contribution is -2.57. The number of hydrogen-bond donors (Lipinski definition) is 2. The van der Waals surface area contributed by atoms with Gasteiger partial charge in [-0.05, 0) is 40.0 Å². The third kappa shape index (κ3) is 5.04. The highest BCUT2D eigenvalue weighted by atomic mass is 16.5. The molecule has 2 aromatic rings. The van der Waals surface area contributed by atoms with Crippen molar-refractivity contribution in [2.45, 2.75) is 46.1 Å². The number of carboxylic acid groups (broad SMARTS) is 1. The SMILES string of the molecule is CC1CN(C(=O)C(NC(=O)OCC2c3ccccc3-c3ccccc32)C(C)(C)C)CCC1C(=O)O. The Morgan fingerprint density at radius 3 is 2.14 bits per heavy atom. The largest absolute Gasteiger partial charge is 0.481 e. The van der Waals surface area contributed by atoms with Crippen LogP contribution in [0.1, 0.15) is 51.2 Å². The average molecular weight is 479 g/mol. The molecule has 0 spiro atoms. The summed E-state index contributed by atoms with van der Waals surface area (Å²) in [5.41, 5.74) is 4.01. The Labute approximate surface area is 206 Å². The van der Waals surface area contributed by atoms with Gasteiger partial charge in [0.25, 0.3) is 0 Å². The first kappa shape index (κ1) is 24.8. The van der Waals surface area contributed by atoms with Crippen molar-refractivity contribution in [2.75, 3.05) is 19.7 Å². The van der Waals surface area contributed by atoms with Crippen molar-refractivity contribution in [1.82, 2.24) is 10.2 Å². The number of amides is 2. The fourth-order valence-electron chi connectivity index (χ4n) is 5.30. The zero-order valence-corrected chi connectivity index (χ0v) is 20.8. The van der Waals surface area contributed by atoms with Crippen LogP contribution >= 0.6 is 0 Å². The van der Waals surface area contributed by atoms with E-state index in [0.717, 1.165) is 22.3 Å². The zero-order valence-electron chi connectivity index (χ0n) is 20.8. The maximum Gasteiger partial charge on any atom is 0.407 e. The number of fused-ring (bicyclic) bond motifs is 3. The standard InChI is InChI=1S/C28H34N2O5/c1-17-15-30(14-13-18(17)26(32)33)25(31)24(28(2,3)4)29-27(34)35-16-23-21-11-7-5-9-19(21)20-10-6-8-12-22(20)23/h5-12,17-18,23-24H,13-16H2,1-4H3,(H,29,34)(H,32,33). The van der Waals surface area contributed by atoms with E-state index in [1.54, 1.807) is 4.90 Å². The van der Waals surface area contributed by atoms with Crippen LogP contribution in [0.25, 0.3) is 11.1 Å². The molecular formula is C28H34N2O5. The van der Waals surface area contributed by atoms with Gasteiger partial charge in [0.1, 0.15) is 12.6 Å². The maximum atomic E-state index is 13.4. The summed E-state index contributed by atoms with van der Waals surface area (Å²) in [4.78, 5) is 39.4. The van der Waals surface area contributed by atoms with Crippen molar-refractivity contribution < 1.29 is 24.2 Å². The topological polar surface area (TPSA) is 95.9 Å². The van der Waals surface area contributed by atoms with Gasteiger partial charge >= 0.3 is 12.1 Å². The van der Waals surface area contributed by atoms with Crippen LogP contribution < -0.4 is 5.32 Å². The number of rotatable bonds is 5.